The van der Waals surface area contributed by atoms with Crippen LogP contribution in [-0.2, 0) is 6.42 Å². The molecule has 32 heavy (non-hydrogen) atoms. The first-order valence-electron chi connectivity index (χ1n) is 11.1. The summed E-state index contributed by atoms with van der Waals surface area (Å²) in [5.74, 6) is 0.730. The molecule has 5 rings (SSSR count). The molecule has 2 aromatic heterocycles. The number of aryl methyl sites for hydroxylation is 1. The molecule has 2 aromatic carbocycles. The largest absolute Gasteiger partial charge is 0.365 e. The van der Waals surface area contributed by atoms with E-state index in [1.54, 1.807) is 10.5 Å². The fourth-order valence-corrected chi connectivity index (χ4v) is 4.57. The lowest BCUT2D eigenvalue weighted by Gasteiger charge is -2.41. The number of amides is 1. The number of anilines is 1. The van der Waals surface area contributed by atoms with Crippen molar-refractivity contribution in [2.75, 3.05) is 24.5 Å². The maximum Gasteiger partial charge on any atom is 0.294 e. The molecule has 3 heterocycles. The van der Waals surface area contributed by atoms with Crippen molar-refractivity contribution in [3.8, 4) is 0 Å². The van der Waals surface area contributed by atoms with E-state index in [2.05, 4.69) is 46.1 Å². The molecule has 0 aliphatic carbocycles. The molecule has 1 fully saturated rings. The Morgan fingerprint density at radius 2 is 1.94 bits per heavy atom. The first-order chi connectivity index (χ1) is 15.6. The fraction of sp³-hybridized carbons (Fsp3) is 0.333. The van der Waals surface area contributed by atoms with E-state index in [1.165, 1.54) is 5.69 Å². The highest BCUT2D eigenvalue weighted by molar-refractivity contribution is 5.97. The van der Waals surface area contributed by atoms with Crippen molar-refractivity contribution >= 4 is 28.3 Å². The number of piperazine rings is 1. The molecule has 8 heteroatoms. The Bertz CT molecular complexity index is 1340. The predicted octanol–water partition coefficient (Wildman–Crippen LogP) is 2.87. The number of carbonyl (C=O) groups excluding carboxylic acids is 1. The Balaban J connectivity index is 1.44. The van der Waals surface area contributed by atoms with Crippen LogP contribution in [0, 0.1) is 0 Å². The van der Waals surface area contributed by atoms with Crippen molar-refractivity contribution in [1.29, 1.82) is 0 Å². The van der Waals surface area contributed by atoms with E-state index < -0.39 is 0 Å². The highest BCUT2D eigenvalue weighted by Gasteiger charge is 2.27. The summed E-state index contributed by atoms with van der Waals surface area (Å²) in [6.45, 7) is 6.28. The maximum absolute atomic E-state index is 13.3. The number of nitrogens with one attached hydrogen (secondary N) is 1. The summed E-state index contributed by atoms with van der Waals surface area (Å²) < 4.78 is 1.80. The number of H-pyrrole nitrogens is 1. The van der Waals surface area contributed by atoms with Gasteiger partial charge in [-0.05, 0) is 43.7 Å². The molecule has 8 nitrogen and oxygen atoms in total. The second-order valence-corrected chi connectivity index (χ2v) is 8.34. The molecular formula is C24H26N6O2. The van der Waals surface area contributed by atoms with E-state index in [4.69, 9.17) is 0 Å². The Morgan fingerprint density at radius 3 is 2.69 bits per heavy atom. The molecule has 1 aliphatic heterocycles. The summed E-state index contributed by atoms with van der Waals surface area (Å²) in [7, 11) is 0. The lowest BCUT2D eigenvalue weighted by Crippen LogP contribution is -2.53. The summed E-state index contributed by atoms with van der Waals surface area (Å²) in [5, 5.41) is 8.23. The summed E-state index contributed by atoms with van der Waals surface area (Å²) in [4.78, 5) is 32.9. The van der Waals surface area contributed by atoms with Crippen molar-refractivity contribution < 1.29 is 4.79 Å². The molecule has 0 bridgehead atoms. The van der Waals surface area contributed by atoms with Gasteiger partial charge in [-0.3, -0.25) is 14.0 Å². The number of carbonyl (C=O) groups is 1. The zero-order chi connectivity index (χ0) is 22.2. The summed E-state index contributed by atoms with van der Waals surface area (Å²) in [5.41, 5.74) is 3.13. The lowest BCUT2D eigenvalue weighted by molar-refractivity contribution is 0.0726. The summed E-state index contributed by atoms with van der Waals surface area (Å²) in [6, 6.07) is 16.0. The third-order valence-electron chi connectivity index (χ3n) is 6.14. The molecule has 0 saturated carbocycles. The van der Waals surface area contributed by atoms with Crippen molar-refractivity contribution in [2.45, 2.75) is 32.7 Å². The number of rotatable bonds is 4. The van der Waals surface area contributed by atoms with Crippen LogP contribution >= 0.6 is 0 Å². The molecule has 1 amide bonds. The Kier molecular flexibility index (Phi) is 5.13. The molecule has 0 spiro atoms. The monoisotopic (exact) mass is 430 g/mol. The second-order valence-electron chi connectivity index (χ2n) is 8.34. The van der Waals surface area contributed by atoms with Crippen LogP contribution in [0.15, 0.2) is 53.3 Å². The highest BCUT2D eigenvalue weighted by atomic mass is 16.2. The van der Waals surface area contributed by atoms with Gasteiger partial charge in [0.25, 0.3) is 11.5 Å². The van der Waals surface area contributed by atoms with E-state index in [0.717, 1.165) is 30.7 Å². The van der Waals surface area contributed by atoms with Gasteiger partial charge in [-0.15, -0.1) is 10.2 Å². The average Bonchev–Trinajstić information content (AvgIpc) is 3.24. The predicted molar refractivity (Wildman–Crippen MR) is 124 cm³/mol. The van der Waals surface area contributed by atoms with Gasteiger partial charge in [0, 0.05) is 43.3 Å². The number of aromatic amines is 1. The summed E-state index contributed by atoms with van der Waals surface area (Å²) in [6.07, 6.45) is 1.63. The molecule has 1 atom stereocenters. The lowest BCUT2D eigenvalue weighted by atomic mass is 10.1. The van der Waals surface area contributed by atoms with Crippen LogP contribution in [0.2, 0.25) is 0 Å². The van der Waals surface area contributed by atoms with Crippen LogP contribution in [0.3, 0.4) is 0 Å². The first-order valence-corrected chi connectivity index (χ1v) is 11.1. The minimum atomic E-state index is -0.304. The summed E-state index contributed by atoms with van der Waals surface area (Å²) >= 11 is 0. The second kappa shape index (κ2) is 8.11. The SMILES string of the molecule is CCCc1nnc2c(=O)[nH]c3cc(C(=O)N4CCN(c5ccccc5)C(C)C4)ccc3n12. The molecular weight excluding hydrogens is 404 g/mol. The molecule has 0 radical (unpaired) electrons. The Labute approximate surface area is 185 Å². The zero-order valence-electron chi connectivity index (χ0n) is 18.3. The third kappa shape index (κ3) is 3.41. The average molecular weight is 431 g/mol. The van der Waals surface area contributed by atoms with Gasteiger partial charge < -0.3 is 14.8 Å². The third-order valence-corrected chi connectivity index (χ3v) is 6.14. The van der Waals surface area contributed by atoms with Gasteiger partial charge in [-0.2, -0.15) is 0 Å². The van der Waals surface area contributed by atoms with E-state index in [1.807, 2.05) is 35.2 Å². The molecule has 4 aromatic rings. The molecule has 1 saturated heterocycles. The molecule has 1 unspecified atom stereocenters. The number of aromatic nitrogens is 4. The van der Waals surface area contributed by atoms with Crippen molar-refractivity contribution in [3.05, 3.63) is 70.3 Å². The standard InChI is InChI=1S/C24H26N6O2/c1-3-7-21-26-27-22-23(31)25-19-14-17(10-11-20(19)30(21)22)24(32)28-12-13-29(16(2)15-28)18-8-5-4-6-9-18/h4-6,8-11,14,16H,3,7,12-13,15H2,1-2H3,(H,25,31). The van der Waals surface area contributed by atoms with Crippen LogP contribution in [-0.4, -0.2) is 56.1 Å². The van der Waals surface area contributed by atoms with Gasteiger partial charge in [0.1, 0.15) is 5.82 Å². The van der Waals surface area contributed by atoms with Gasteiger partial charge >= 0.3 is 0 Å². The highest BCUT2D eigenvalue weighted by Crippen LogP contribution is 2.22. The van der Waals surface area contributed by atoms with Crippen molar-refractivity contribution in [1.82, 2.24) is 24.5 Å². The minimum absolute atomic E-state index is 0.0232. The number of hydrogen-bond acceptors (Lipinski definition) is 5. The normalized spacial score (nSPS) is 16.8. The van der Waals surface area contributed by atoms with E-state index in [9.17, 15) is 9.59 Å². The van der Waals surface area contributed by atoms with Crippen LogP contribution < -0.4 is 10.5 Å². The minimum Gasteiger partial charge on any atom is -0.365 e. The fourth-order valence-electron chi connectivity index (χ4n) is 4.57. The number of benzene rings is 2. The van der Waals surface area contributed by atoms with Crippen molar-refractivity contribution in [3.63, 3.8) is 0 Å². The molecule has 164 valence electrons. The van der Waals surface area contributed by atoms with Crippen LogP contribution in [0.5, 0.6) is 0 Å². The maximum atomic E-state index is 13.3. The van der Waals surface area contributed by atoms with Gasteiger partial charge in [-0.25, -0.2) is 0 Å². The van der Waals surface area contributed by atoms with Gasteiger partial charge in [0.2, 0.25) is 5.65 Å². The van der Waals surface area contributed by atoms with Crippen LogP contribution in [0.1, 0.15) is 36.5 Å². The number of fused-ring (bicyclic) bond motifs is 3. The zero-order valence-corrected chi connectivity index (χ0v) is 18.3. The number of para-hydroxylation sites is 1. The van der Waals surface area contributed by atoms with E-state index in [0.29, 0.717) is 24.2 Å². The van der Waals surface area contributed by atoms with Crippen LogP contribution in [0.25, 0.3) is 16.7 Å². The molecule has 1 N–H and O–H groups in total. The van der Waals surface area contributed by atoms with E-state index in [-0.39, 0.29) is 23.2 Å². The number of hydrogen-bond donors (Lipinski definition) is 1. The quantitative estimate of drug-likeness (QED) is 0.538. The van der Waals surface area contributed by atoms with Gasteiger partial charge in [-0.1, -0.05) is 25.1 Å². The van der Waals surface area contributed by atoms with Crippen molar-refractivity contribution in [2.24, 2.45) is 0 Å². The Morgan fingerprint density at radius 1 is 1.12 bits per heavy atom. The first kappa shape index (κ1) is 20.2. The van der Waals surface area contributed by atoms with E-state index >= 15 is 0 Å². The Hall–Kier alpha value is -3.68. The van der Waals surface area contributed by atoms with Gasteiger partial charge in [0.05, 0.1) is 11.0 Å². The van der Waals surface area contributed by atoms with Crippen LogP contribution in [0.4, 0.5) is 5.69 Å². The molecule has 1 aliphatic rings. The topological polar surface area (TPSA) is 86.6 Å². The smallest absolute Gasteiger partial charge is 0.294 e. The van der Waals surface area contributed by atoms with Gasteiger partial charge in [0.15, 0.2) is 0 Å². The number of nitrogens with zero attached hydrogens (tertiary/aromatic N) is 5.